The Hall–Kier alpha value is -1.32. The number of rotatable bonds is 2. The van der Waals surface area contributed by atoms with E-state index in [1.165, 1.54) is 0 Å². The Bertz CT molecular complexity index is 371. The first kappa shape index (κ1) is 10.2. The Labute approximate surface area is 89.2 Å². The van der Waals surface area contributed by atoms with Crippen LogP contribution in [0.4, 0.5) is 0 Å². The summed E-state index contributed by atoms with van der Waals surface area (Å²) in [6, 6.07) is 0. The van der Waals surface area contributed by atoms with Crippen LogP contribution in [0.5, 0.6) is 5.75 Å². The summed E-state index contributed by atoms with van der Waals surface area (Å²) < 4.78 is 6.99. The highest BCUT2D eigenvalue weighted by Gasteiger charge is 2.29. The number of carbonyl (C=O) groups excluding carboxylic acids is 1. The van der Waals surface area contributed by atoms with Gasteiger partial charge in [0.25, 0.3) is 0 Å². The van der Waals surface area contributed by atoms with Crippen LogP contribution in [0.2, 0.25) is 0 Å². The molecule has 2 rings (SSSR count). The minimum Gasteiger partial charge on any atom is -0.493 e. The molecule has 0 spiro atoms. The van der Waals surface area contributed by atoms with Crippen molar-refractivity contribution in [2.45, 2.75) is 31.6 Å². The van der Waals surface area contributed by atoms with Crippen molar-refractivity contribution in [3.05, 3.63) is 11.9 Å². The molecular weight excluding hydrogens is 192 g/mol. The average Bonchev–Trinajstić information content (AvgIpc) is 2.60. The van der Waals surface area contributed by atoms with Crippen LogP contribution in [-0.2, 0) is 11.8 Å². The van der Waals surface area contributed by atoms with Gasteiger partial charge in [-0.15, -0.1) is 0 Å². The maximum absolute atomic E-state index is 11.8. The van der Waals surface area contributed by atoms with Crippen LogP contribution in [0.3, 0.4) is 0 Å². The predicted molar refractivity (Wildman–Crippen MR) is 56.0 cm³/mol. The summed E-state index contributed by atoms with van der Waals surface area (Å²) in [5.74, 6) is 1.04. The Morgan fingerprint density at radius 3 is 3.00 bits per heavy atom. The number of ether oxygens (including phenoxy) is 1. The highest BCUT2D eigenvalue weighted by molar-refractivity contribution is 5.86. The number of ketones is 1. The van der Waals surface area contributed by atoms with Gasteiger partial charge in [0.1, 0.15) is 5.78 Å². The van der Waals surface area contributed by atoms with Gasteiger partial charge in [0.2, 0.25) is 0 Å². The lowest BCUT2D eigenvalue weighted by Crippen LogP contribution is -2.20. The van der Waals surface area contributed by atoms with Crippen molar-refractivity contribution in [2.24, 2.45) is 7.05 Å². The van der Waals surface area contributed by atoms with Gasteiger partial charge >= 0.3 is 0 Å². The number of Topliss-reactive ketones (excluding diaryl/α,β-unsaturated/α-hetero) is 1. The summed E-state index contributed by atoms with van der Waals surface area (Å²) in [6.07, 6.45) is 5.44. The maximum Gasteiger partial charge on any atom is 0.160 e. The van der Waals surface area contributed by atoms with E-state index in [4.69, 9.17) is 4.74 Å². The zero-order chi connectivity index (χ0) is 10.8. The molecule has 0 radical (unpaired) electrons. The molecular formula is C11H16N2O2. The first-order valence-electron chi connectivity index (χ1n) is 5.32. The topological polar surface area (TPSA) is 44.1 Å². The number of methoxy groups -OCH3 is 1. The van der Waals surface area contributed by atoms with E-state index in [0.29, 0.717) is 12.2 Å². The normalized spacial score (nSPS) is 21.7. The van der Waals surface area contributed by atoms with Crippen LogP contribution in [0, 0.1) is 0 Å². The van der Waals surface area contributed by atoms with Gasteiger partial charge < -0.3 is 4.74 Å². The molecule has 1 aromatic rings. The fraction of sp³-hybridized carbons (Fsp3) is 0.636. The van der Waals surface area contributed by atoms with E-state index < -0.39 is 0 Å². The number of aromatic nitrogens is 2. The van der Waals surface area contributed by atoms with Crippen LogP contribution in [0.15, 0.2) is 6.20 Å². The lowest BCUT2D eigenvalue weighted by Gasteiger charge is -2.21. The van der Waals surface area contributed by atoms with Crippen molar-refractivity contribution >= 4 is 5.78 Å². The zero-order valence-electron chi connectivity index (χ0n) is 9.19. The second-order valence-corrected chi connectivity index (χ2v) is 3.99. The van der Waals surface area contributed by atoms with Crippen LogP contribution < -0.4 is 4.74 Å². The van der Waals surface area contributed by atoms with Crippen molar-refractivity contribution in [3.8, 4) is 5.75 Å². The molecule has 1 fully saturated rings. The Morgan fingerprint density at radius 2 is 2.33 bits per heavy atom. The van der Waals surface area contributed by atoms with Crippen molar-refractivity contribution in [1.29, 1.82) is 0 Å². The minimum absolute atomic E-state index is 0.0128. The summed E-state index contributed by atoms with van der Waals surface area (Å²) in [4.78, 5) is 11.8. The molecule has 1 aromatic heterocycles. The maximum atomic E-state index is 11.8. The van der Waals surface area contributed by atoms with Crippen molar-refractivity contribution in [1.82, 2.24) is 9.78 Å². The van der Waals surface area contributed by atoms with Crippen LogP contribution in [0.25, 0.3) is 0 Å². The third-order valence-electron chi connectivity index (χ3n) is 3.05. The molecule has 0 aliphatic heterocycles. The molecule has 1 unspecified atom stereocenters. The van der Waals surface area contributed by atoms with Crippen LogP contribution in [-0.4, -0.2) is 22.7 Å². The number of carbonyl (C=O) groups is 1. The summed E-state index contributed by atoms with van der Waals surface area (Å²) in [7, 11) is 3.48. The van der Waals surface area contributed by atoms with Gasteiger partial charge in [0.15, 0.2) is 5.75 Å². The fourth-order valence-corrected chi connectivity index (χ4v) is 2.25. The molecule has 4 nitrogen and oxygen atoms in total. The highest BCUT2D eigenvalue weighted by Crippen LogP contribution is 2.34. The molecule has 1 saturated carbocycles. The van der Waals surface area contributed by atoms with E-state index in [2.05, 4.69) is 5.10 Å². The van der Waals surface area contributed by atoms with E-state index in [1.807, 2.05) is 7.05 Å². The second kappa shape index (κ2) is 4.04. The smallest absolute Gasteiger partial charge is 0.160 e. The molecule has 4 heteroatoms. The third-order valence-corrected chi connectivity index (χ3v) is 3.05. The fourth-order valence-electron chi connectivity index (χ4n) is 2.25. The SMILES string of the molecule is COc1cnn(C)c1C1CCCCC1=O. The Kier molecular flexibility index (Phi) is 2.75. The van der Waals surface area contributed by atoms with E-state index in [0.717, 1.165) is 30.7 Å². The zero-order valence-corrected chi connectivity index (χ0v) is 9.19. The Balaban J connectivity index is 2.34. The predicted octanol–water partition coefficient (Wildman–Crippen LogP) is 1.66. The van der Waals surface area contributed by atoms with Gasteiger partial charge in [0, 0.05) is 13.5 Å². The summed E-state index contributed by atoms with van der Waals surface area (Å²) in [6.45, 7) is 0. The standard InChI is InChI=1S/C11H16N2O2/c1-13-11(10(15-2)7-12-13)8-5-3-4-6-9(8)14/h7-8H,3-6H2,1-2H3. The minimum atomic E-state index is -0.0128. The molecule has 0 aromatic carbocycles. The van der Waals surface area contributed by atoms with E-state index in [9.17, 15) is 4.79 Å². The highest BCUT2D eigenvalue weighted by atomic mass is 16.5. The van der Waals surface area contributed by atoms with Gasteiger partial charge in [-0.25, -0.2) is 0 Å². The Morgan fingerprint density at radius 1 is 1.53 bits per heavy atom. The average molecular weight is 208 g/mol. The summed E-state index contributed by atoms with van der Waals surface area (Å²) in [5.41, 5.74) is 0.933. The van der Waals surface area contributed by atoms with E-state index in [-0.39, 0.29) is 5.92 Å². The molecule has 1 heterocycles. The van der Waals surface area contributed by atoms with Crippen LogP contribution >= 0.6 is 0 Å². The quantitative estimate of drug-likeness (QED) is 0.742. The molecule has 82 valence electrons. The van der Waals surface area contributed by atoms with Gasteiger partial charge in [-0.05, 0) is 12.8 Å². The molecule has 0 N–H and O–H groups in total. The number of nitrogens with zero attached hydrogens (tertiary/aromatic N) is 2. The van der Waals surface area contributed by atoms with Crippen molar-refractivity contribution in [2.75, 3.05) is 7.11 Å². The third kappa shape index (κ3) is 1.76. The van der Waals surface area contributed by atoms with Gasteiger partial charge in [0.05, 0.1) is 24.9 Å². The molecule has 1 aliphatic rings. The second-order valence-electron chi connectivity index (χ2n) is 3.99. The molecule has 0 bridgehead atoms. The van der Waals surface area contributed by atoms with Crippen molar-refractivity contribution in [3.63, 3.8) is 0 Å². The monoisotopic (exact) mass is 208 g/mol. The molecule has 1 aliphatic carbocycles. The van der Waals surface area contributed by atoms with Crippen LogP contribution in [0.1, 0.15) is 37.3 Å². The molecule has 1 atom stereocenters. The van der Waals surface area contributed by atoms with E-state index >= 15 is 0 Å². The number of hydrogen-bond donors (Lipinski definition) is 0. The number of aryl methyl sites for hydroxylation is 1. The van der Waals surface area contributed by atoms with Gasteiger partial charge in [-0.3, -0.25) is 9.48 Å². The number of hydrogen-bond acceptors (Lipinski definition) is 3. The largest absolute Gasteiger partial charge is 0.493 e. The first-order valence-corrected chi connectivity index (χ1v) is 5.32. The molecule has 0 amide bonds. The summed E-state index contributed by atoms with van der Waals surface area (Å²) >= 11 is 0. The lowest BCUT2D eigenvalue weighted by molar-refractivity contribution is -0.122. The molecule has 0 saturated heterocycles. The lowest BCUT2D eigenvalue weighted by atomic mass is 9.85. The molecule has 15 heavy (non-hydrogen) atoms. The first-order chi connectivity index (χ1) is 7.24. The van der Waals surface area contributed by atoms with Gasteiger partial charge in [-0.2, -0.15) is 5.10 Å². The van der Waals surface area contributed by atoms with Crippen molar-refractivity contribution < 1.29 is 9.53 Å². The van der Waals surface area contributed by atoms with Gasteiger partial charge in [-0.1, -0.05) is 6.42 Å². The van der Waals surface area contributed by atoms with E-state index in [1.54, 1.807) is 18.0 Å². The summed E-state index contributed by atoms with van der Waals surface area (Å²) in [5, 5.41) is 4.14.